The fourth-order valence-electron chi connectivity index (χ4n) is 2.04. The molecule has 0 radical (unpaired) electrons. The molecule has 0 fully saturated rings. The van der Waals surface area contributed by atoms with Gasteiger partial charge in [-0.05, 0) is 11.5 Å². The number of hydrogen-bond acceptors (Lipinski definition) is 4. The van der Waals surface area contributed by atoms with Crippen LogP contribution in [-0.2, 0) is 0 Å². The number of H-pyrrole nitrogens is 1. The number of nitrogens with two attached hydrogens (primary N) is 1. The maximum atomic E-state index is 6.04. The summed E-state index contributed by atoms with van der Waals surface area (Å²) in [6, 6.07) is 11.8. The number of nitrogens with zero attached hydrogens (tertiary/aromatic N) is 3. The summed E-state index contributed by atoms with van der Waals surface area (Å²) in [5.41, 5.74) is 9.00. The normalized spacial score (nSPS) is 12.3. The lowest BCUT2D eigenvalue weighted by molar-refractivity contribution is 0.607. The van der Waals surface area contributed by atoms with Crippen molar-refractivity contribution >= 4 is 28.9 Å². The standard InChI is InChI=1S/C17H19N5/c1-17(2,3)10-19-15-12(18)9-13-16(22-15)21-14(20-13)11-7-5-4-6-8-11/h4-10H,18H2,1-3H3,(H,20,21,22). The minimum atomic E-state index is -0.0240. The minimum Gasteiger partial charge on any atom is -0.396 e. The van der Waals surface area contributed by atoms with E-state index in [0.29, 0.717) is 17.2 Å². The second kappa shape index (κ2) is 5.26. The summed E-state index contributed by atoms with van der Waals surface area (Å²) in [6.07, 6.45) is 1.85. The lowest BCUT2D eigenvalue weighted by Crippen LogP contribution is -2.05. The zero-order valence-corrected chi connectivity index (χ0v) is 13.0. The first-order chi connectivity index (χ1) is 10.4. The predicted molar refractivity (Wildman–Crippen MR) is 91.3 cm³/mol. The van der Waals surface area contributed by atoms with Crippen LogP contribution in [0.1, 0.15) is 20.8 Å². The Morgan fingerprint density at radius 1 is 1.14 bits per heavy atom. The van der Waals surface area contributed by atoms with Gasteiger partial charge in [0.25, 0.3) is 0 Å². The molecule has 0 atom stereocenters. The highest BCUT2D eigenvalue weighted by molar-refractivity contribution is 5.83. The lowest BCUT2D eigenvalue weighted by Gasteiger charge is -2.09. The number of benzene rings is 1. The highest BCUT2D eigenvalue weighted by atomic mass is 15.0. The largest absolute Gasteiger partial charge is 0.396 e. The zero-order chi connectivity index (χ0) is 15.7. The molecule has 1 aromatic carbocycles. The van der Waals surface area contributed by atoms with Crippen LogP contribution in [0.3, 0.4) is 0 Å². The van der Waals surface area contributed by atoms with Gasteiger partial charge in [0.2, 0.25) is 0 Å². The average Bonchev–Trinajstić information content (AvgIpc) is 2.87. The van der Waals surface area contributed by atoms with Gasteiger partial charge in [0.15, 0.2) is 11.5 Å². The summed E-state index contributed by atoms with van der Waals surface area (Å²) >= 11 is 0. The molecule has 112 valence electrons. The molecule has 0 bridgehead atoms. The minimum absolute atomic E-state index is 0.0240. The Labute approximate surface area is 129 Å². The molecule has 0 aliphatic heterocycles. The highest BCUT2D eigenvalue weighted by Gasteiger charge is 2.11. The van der Waals surface area contributed by atoms with E-state index in [4.69, 9.17) is 5.73 Å². The van der Waals surface area contributed by atoms with Gasteiger partial charge in [0, 0.05) is 11.8 Å². The van der Waals surface area contributed by atoms with Crippen LogP contribution in [0.2, 0.25) is 0 Å². The molecule has 0 aliphatic rings. The van der Waals surface area contributed by atoms with Gasteiger partial charge in [-0.2, -0.15) is 0 Å². The third-order valence-electron chi connectivity index (χ3n) is 3.10. The Balaban J connectivity index is 2.05. The third-order valence-corrected chi connectivity index (χ3v) is 3.10. The Kier molecular flexibility index (Phi) is 3.41. The van der Waals surface area contributed by atoms with E-state index in [2.05, 4.69) is 40.7 Å². The molecule has 0 saturated carbocycles. The van der Waals surface area contributed by atoms with Crippen molar-refractivity contribution in [2.45, 2.75) is 20.8 Å². The van der Waals surface area contributed by atoms with Gasteiger partial charge >= 0.3 is 0 Å². The van der Waals surface area contributed by atoms with Crippen molar-refractivity contribution in [2.75, 3.05) is 5.73 Å². The van der Waals surface area contributed by atoms with E-state index in [-0.39, 0.29) is 5.41 Å². The number of anilines is 1. The van der Waals surface area contributed by atoms with Crippen molar-refractivity contribution in [3.8, 4) is 11.4 Å². The van der Waals surface area contributed by atoms with E-state index >= 15 is 0 Å². The maximum absolute atomic E-state index is 6.04. The van der Waals surface area contributed by atoms with Crippen molar-refractivity contribution in [1.82, 2.24) is 15.0 Å². The number of aliphatic imine (C=N–C) groups is 1. The summed E-state index contributed by atoms with van der Waals surface area (Å²) in [4.78, 5) is 16.6. The molecule has 0 unspecified atom stereocenters. The molecular formula is C17H19N5. The van der Waals surface area contributed by atoms with Crippen LogP contribution in [0.15, 0.2) is 41.4 Å². The number of aromatic amines is 1. The summed E-state index contributed by atoms with van der Waals surface area (Å²) in [5.74, 6) is 1.29. The van der Waals surface area contributed by atoms with Crippen LogP contribution in [0.4, 0.5) is 11.5 Å². The van der Waals surface area contributed by atoms with Crippen molar-refractivity contribution in [1.29, 1.82) is 0 Å². The summed E-state index contributed by atoms with van der Waals surface area (Å²) in [7, 11) is 0. The first-order valence-corrected chi connectivity index (χ1v) is 7.19. The van der Waals surface area contributed by atoms with Gasteiger partial charge in [0.1, 0.15) is 5.82 Å². The molecule has 2 heterocycles. The molecule has 2 aromatic heterocycles. The summed E-state index contributed by atoms with van der Waals surface area (Å²) in [5, 5.41) is 0. The van der Waals surface area contributed by atoms with Crippen LogP contribution >= 0.6 is 0 Å². The molecule has 3 N–H and O–H groups in total. The van der Waals surface area contributed by atoms with Gasteiger partial charge < -0.3 is 10.7 Å². The van der Waals surface area contributed by atoms with Gasteiger partial charge in [-0.3, -0.25) is 0 Å². The Morgan fingerprint density at radius 2 is 1.86 bits per heavy atom. The Morgan fingerprint density at radius 3 is 2.55 bits per heavy atom. The van der Waals surface area contributed by atoms with Crippen LogP contribution in [0.25, 0.3) is 22.6 Å². The number of nitrogens with one attached hydrogen (secondary N) is 1. The van der Waals surface area contributed by atoms with E-state index in [1.165, 1.54) is 0 Å². The first kappa shape index (κ1) is 14.3. The molecule has 0 amide bonds. The van der Waals surface area contributed by atoms with Gasteiger partial charge in [-0.1, -0.05) is 51.1 Å². The lowest BCUT2D eigenvalue weighted by atomic mass is 9.99. The van der Waals surface area contributed by atoms with E-state index in [0.717, 1.165) is 16.9 Å². The number of rotatable bonds is 2. The maximum Gasteiger partial charge on any atom is 0.180 e. The summed E-state index contributed by atoms with van der Waals surface area (Å²) in [6.45, 7) is 6.23. The molecule has 0 aliphatic carbocycles. The smallest absolute Gasteiger partial charge is 0.180 e. The van der Waals surface area contributed by atoms with Gasteiger partial charge in [0.05, 0.1) is 11.2 Å². The van der Waals surface area contributed by atoms with Crippen LogP contribution in [-0.4, -0.2) is 21.2 Å². The van der Waals surface area contributed by atoms with E-state index in [9.17, 15) is 0 Å². The monoisotopic (exact) mass is 293 g/mol. The van der Waals surface area contributed by atoms with Crippen LogP contribution < -0.4 is 5.73 Å². The van der Waals surface area contributed by atoms with Gasteiger partial charge in [-0.15, -0.1) is 0 Å². The number of fused-ring (bicyclic) bond motifs is 1. The van der Waals surface area contributed by atoms with Crippen molar-refractivity contribution in [2.24, 2.45) is 10.4 Å². The fraction of sp³-hybridized carbons (Fsp3) is 0.235. The quantitative estimate of drug-likeness (QED) is 0.702. The van der Waals surface area contributed by atoms with Crippen molar-refractivity contribution in [3.63, 3.8) is 0 Å². The second-order valence-electron chi connectivity index (χ2n) is 6.35. The van der Waals surface area contributed by atoms with Gasteiger partial charge in [-0.25, -0.2) is 15.0 Å². The van der Waals surface area contributed by atoms with Crippen molar-refractivity contribution < 1.29 is 0 Å². The number of pyridine rings is 1. The Bertz CT molecular complexity index is 825. The zero-order valence-electron chi connectivity index (χ0n) is 13.0. The topological polar surface area (TPSA) is 80.0 Å². The molecular weight excluding hydrogens is 274 g/mol. The predicted octanol–water partition coefficient (Wildman–Crippen LogP) is 3.96. The molecule has 0 saturated heterocycles. The number of nitrogen functional groups attached to an aromatic ring is 1. The average molecular weight is 293 g/mol. The SMILES string of the molecule is CC(C)(C)C=Nc1nc2nc(-c3ccccc3)[nH]c2cc1N. The molecule has 5 heteroatoms. The second-order valence-corrected chi connectivity index (χ2v) is 6.35. The highest BCUT2D eigenvalue weighted by Crippen LogP contribution is 2.26. The van der Waals surface area contributed by atoms with E-state index in [1.54, 1.807) is 0 Å². The molecule has 3 rings (SSSR count). The van der Waals surface area contributed by atoms with E-state index in [1.807, 2.05) is 42.6 Å². The number of hydrogen-bond donors (Lipinski definition) is 2. The van der Waals surface area contributed by atoms with Crippen LogP contribution in [0.5, 0.6) is 0 Å². The Hall–Kier alpha value is -2.69. The molecule has 3 aromatic rings. The van der Waals surface area contributed by atoms with Crippen molar-refractivity contribution in [3.05, 3.63) is 36.4 Å². The number of imidazole rings is 1. The fourth-order valence-corrected chi connectivity index (χ4v) is 2.04. The number of aromatic nitrogens is 3. The molecule has 22 heavy (non-hydrogen) atoms. The van der Waals surface area contributed by atoms with E-state index < -0.39 is 0 Å². The third kappa shape index (κ3) is 2.98. The first-order valence-electron chi connectivity index (χ1n) is 7.19. The van der Waals surface area contributed by atoms with Crippen LogP contribution in [0, 0.1) is 5.41 Å². The molecule has 0 spiro atoms. The molecule has 5 nitrogen and oxygen atoms in total. The summed E-state index contributed by atoms with van der Waals surface area (Å²) < 4.78 is 0.